The number of carbonyl (C=O) groups excluding carboxylic acids is 3. The first-order chi connectivity index (χ1) is 15.6. The second-order valence-corrected chi connectivity index (χ2v) is 8.10. The minimum atomic E-state index is -1.42. The van der Waals surface area contributed by atoms with Gasteiger partial charge in [0.2, 0.25) is 0 Å². The van der Waals surface area contributed by atoms with Gasteiger partial charge < -0.3 is 28.8 Å². The van der Waals surface area contributed by atoms with Gasteiger partial charge in [0.25, 0.3) is 0 Å². The fourth-order valence-corrected chi connectivity index (χ4v) is 3.15. The summed E-state index contributed by atoms with van der Waals surface area (Å²) in [5, 5.41) is 10.9. The summed E-state index contributed by atoms with van der Waals surface area (Å²) in [4.78, 5) is 35.5. The summed E-state index contributed by atoms with van der Waals surface area (Å²) in [5.41, 5.74) is 0.979. The van der Waals surface area contributed by atoms with Crippen LogP contribution in [-0.4, -0.2) is 66.9 Å². The molecule has 0 aromatic rings. The highest BCUT2D eigenvalue weighted by Crippen LogP contribution is 2.28. The lowest BCUT2D eigenvalue weighted by Crippen LogP contribution is -2.62. The molecule has 1 aliphatic heterocycles. The Labute approximate surface area is 196 Å². The molecule has 188 valence electrons. The van der Waals surface area contributed by atoms with Gasteiger partial charge in [0.15, 0.2) is 18.5 Å². The third-order valence-electron chi connectivity index (χ3n) is 5.27. The van der Waals surface area contributed by atoms with E-state index >= 15 is 0 Å². The van der Waals surface area contributed by atoms with Crippen LogP contribution in [0.4, 0.5) is 0 Å². The van der Waals surface area contributed by atoms with Crippen molar-refractivity contribution in [3.63, 3.8) is 0 Å². The van der Waals surface area contributed by atoms with Crippen LogP contribution in [-0.2, 0) is 38.1 Å². The maximum atomic E-state index is 12.5. The van der Waals surface area contributed by atoms with E-state index in [2.05, 4.69) is 6.58 Å². The van der Waals surface area contributed by atoms with E-state index in [0.717, 1.165) is 18.4 Å². The topological polar surface area (TPSA) is 118 Å². The molecule has 0 saturated carbocycles. The van der Waals surface area contributed by atoms with E-state index < -0.39 is 54.5 Å². The van der Waals surface area contributed by atoms with Gasteiger partial charge in [-0.2, -0.15) is 0 Å². The molecular formula is C24H38O9. The first-order valence-electron chi connectivity index (χ1n) is 11.3. The van der Waals surface area contributed by atoms with Crippen LogP contribution in [0.25, 0.3) is 0 Å². The lowest BCUT2D eigenvalue weighted by atomic mass is 9.98. The third kappa shape index (κ3) is 10.1. The molecule has 1 unspecified atom stereocenters. The number of hydrogen-bond acceptors (Lipinski definition) is 9. The first kappa shape index (κ1) is 28.8. The van der Waals surface area contributed by atoms with Gasteiger partial charge in [0.05, 0.1) is 12.5 Å². The monoisotopic (exact) mass is 470 g/mol. The predicted molar refractivity (Wildman–Crippen MR) is 120 cm³/mol. The van der Waals surface area contributed by atoms with Crippen molar-refractivity contribution in [2.75, 3.05) is 13.2 Å². The van der Waals surface area contributed by atoms with Crippen molar-refractivity contribution in [3.05, 3.63) is 24.3 Å². The second-order valence-electron chi connectivity index (χ2n) is 8.10. The van der Waals surface area contributed by atoms with Gasteiger partial charge >= 0.3 is 17.9 Å². The van der Waals surface area contributed by atoms with Crippen molar-refractivity contribution in [2.45, 2.75) is 91.0 Å². The van der Waals surface area contributed by atoms with Crippen LogP contribution >= 0.6 is 0 Å². The Hall–Kier alpha value is -2.23. The lowest BCUT2D eigenvalue weighted by Gasteiger charge is -2.43. The fourth-order valence-electron chi connectivity index (χ4n) is 3.15. The molecule has 0 bridgehead atoms. The Morgan fingerprint density at radius 2 is 1.82 bits per heavy atom. The van der Waals surface area contributed by atoms with Crippen molar-refractivity contribution in [1.29, 1.82) is 0 Å². The molecule has 1 aliphatic rings. The number of aliphatic hydroxyl groups is 1. The smallest absolute Gasteiger partial charge is 0.309 e. The zero-order chi connectivity index (χ0) is 25.0. The normalized spacial score (nSPS) is 25.9. The van der Waals surface area contributed by atoms with E-state index in [4.69, 9.17) is 23.7 Å². The Balaban J connectivity index is 2.98. The Morgan fingerprint density at radius 1 is 1.12 bits per heavy atom. The molecule has 1 saturated heterocycles. The van der Waals surface area contributed by atoms with Crippen LogP contribution in [0.1, 0.15) is 60.3 Å². The van der Waals surface area contributed by atoms with Crippen LogP contribution in [0.3, 0.4) is 0 Å². The molecule has 0 spiro atoms. The van der Waals surface area contributed by atoms with Crippen LogP contribution in [0.2, 0.25) is 0 Å². The van der Waals surface area contributed by atoms with Gasteiger partial charge in [-0.1, -0.05) is 38.2 Å². The van der Waals surface area contributed by atoms with Crippen LogP contribution in [0.15, 0.2) is 24.3 Å². The van der Waals surface area contributed by atoms with E-state index in [1.165, 1.54) is 13.8 Å². The SMILES string of the molecule is C=C(CC/C=C\C)CCO[C@@H]1O[C@H](COC(C)=O)[C@@H](OC(C)=O)[C@H](OC(=O)C(C)CC)[C@H]1O. The maximum absolute atomic E-state index is 12.5. The Morgan fingerprint density at radius 3 is 2.39 bits per heavy atom. The largest absolute Gasteiger partial charge is 0.463 e. The van der Waals surface area contributed by atoms with Gasteiger partial charge in [-0.3, -0.25) is 14.4 Å². The number of allylic oxidation sites excluding steroid dienone is 2. The molecule has 0 aromatic carbocycles. The molecule has 33 heavy (non-hydrogen) atoms. The molecular weight excluding hydrogens is 432 g/mol. The predicted octanol–water partition coefficient (Wildman–Crippen LogP) is 2.84. The quantitative estimate of drug-likeness (QED) is 0.246. The van der Waals surface area contributed by atoms with E-state index in [1.54, 1.807) is 6.92 Å². The van der Waals surface area contributed by atoms with Gasteiger partial charge in [-0.25, -0.2) is 0 Å². The molecule has 1 heterocycles. The highest BCUT2D eigenvalue weighted by Gasteiger charge is 2.50. The zero-order valence-corrected chi connectivity index (χ0v) is 20.3. The number of hydrogen-bond donors (Lipinski definition) is 1. The summed E-state index contributed by atoms with van der Waals surface area (Å²) < 4.78 is 27.4. The van der Waals surface area contributed by atoms with Crippen molar-refractivity contribution >= 4 is 17.9 Å². The summed E-state index contributed by atoms with van der Waals surface area (Å²) in [6.45, 7) is 11.8. The van der Waals surface area contributed by atoms with Gasteiger partial charge in [-0.05, 0) is 32.6 Å². The van der Waals surface area contributed by atoms with Crippen molar-refractivity contribution in [2.24, 2.45) is 5.92 Å². The van der Waals surface area contributed by atoms with Crippen LogP contribution < -0.4 is 0 Å². The first-order valence-corrected chi connectivity index (χ1v) is 11.3. The lowest BCUT2D eigenvalue weighted by molar-refractivity contribution is -0.306. The molecule has 0 aromatic heterocycles. The summed E-state index contributed by atoms with van der Waals surface area (Å²) >= 11 is 0. The number of ether oxygens (including phenoxy) is 5. The molecule has 0 radical (unpaired) electrons. The molecule has 1 N–H and O–H groups in total. The van der Waals surface area contributed by atoms with E-state index in [1.807, 2.05) is 26.0 Å². The van der Waals surface area contributed by atoms with E-state index in [-0.39, 0.29) is 13.2 Å². The number of esters is 3. The fraction of sp³-hybridized carbons (Fsp3) is 0.708. The molecule has 6 atom stereocenters. The molecule has 1 fully saturated rings. The summed E-state index contributed by atoms with van der Waals surface area (Å²) in [7, 11) is 0. The van der Waals surface area contributed by atoms with Crippen molar-refractivity contribution in [3.8, 4) is 0 Å². The van der Waals surface area contributed by atoms with Gasteiger partial charge in [-0.15, -0.1) is 0 Å². The molecule has 1 rings (SSSR count). The zero-order valence-electron chi connectivity index (χ0n) is 20.3. The average Bonchev–Trinajstić information content (AvgIpc) is 2.75. The summed E-state index contributed by atoms with van der Waals surface area (Å²) in [6.07, 6.45) is 0.728. The standard InChI is InChI=1S/C24H38O9/c1-7-9-10-11-15(3)12-13-29-24-20(27)22(33-23(28)16(4)8-2)21(31-18(6)26)19(32-24)14-30-17(5)25/h7,9,16,19-22,24,27H,3,8,10-14H2,1-2,4-6H3/b9-7-/t16?,19-,20-,21-,22-,24-/m1/s1. The molecule has 9 nitrogen and oxygen atoms in total. The van der Waals surface area contributed by atoms with Gasteiger partial charge in [0.1, 0.15) is 18.8 Å². The van der Waals surface area contributed by atoms with Crippen LogP contribution in [0, 0.1) is 5.92 Å². The summed E-state index contributed by atoms with van der Waals surface area (Å²) in [6, 6.07) is 0. The molecule has 0 amide bonds. The Bertz CT molecular complexity index is 687. The third-order valence-corrected chi connectivity index (χ3v) is 5.27. The second kappa shape index (κ2) is 14.8. The minimum Gasteiger partial charge on any atom is -0.463 e. The number of rotatable bonds is 13. The number of aliphatic hydroxyl groups excluding tert-OH is 1. The van der Waals surface area contributed by atoms with Crippen LogP contribution in [0.5, 0.6) is 0 Å². The van der Waals surface area contributed by atoms with E-state index in [9.17, 15) is 19.5 Å². The van der Waals surface area contributed by atoms with Crippen molar-refractivity contribution < 1.29 is 43.2 Å². The maximum Gasteiger partial charge on any atom is 0.309 e. The van der Waals surface area contributed by atoms with Crippen molar-refractivity contribution in [1.82, 2.24) is 0 Å². The molecule has 9 heteroatoms. The highest BCUT2D eigenvalue weighted by atomic mass is 16.7. The summed E-state index contributed by atoms with van der Waals surface area (Å²) in [5.74, 6) is -2.20. The van der Waals surface area contributed by atoms with E-state index in [0.29, 0.717) is 12.8 Å². The highest BCUT2D eigenvalue weighted by molar-refractivity contribution is 5.72. The number of carbonyl (C=O) groups is 3. The molecule has 0 aliphatic carbocycles. The Kier molecular flexibility index (Phi) is 12.9. The average molecular weight is 471 g/mol. The minimum absolute atomic E-state index is 0.209. The van der Waals surface area contributed by atoms with Gasteiger partial charge in [0, 0.05) is 13.8 Å².